The minimum Gasteiger partial charge on any atom is -0.456 e. The van der Waals surface area contributed by atoms with Crippen LogP contribution in [0.15, 0.2) is 174 Å². The van der Waals surface area contributed by atoms with E-state index in [4.69, 9.17) is 14.0 Å². The van der Waals surface area contributed by atoms with Crippen molar-refractivity contribution in [1.29, 1.82) is 0 Å². The number of hydrogen-bond donors (Lipinski definition) is 0. The van der Waals surface area contributed by atoms with E-state index >= 15 is 0 Å². The fraction of sp³-hybridized carbons (Fsp3) is 0. The molecule has 1 heterocycles. The first-order valence-electron chi connectivity index (χ1n) is 20.8. The highest BCUT2D eigenvalue weighted by Crippen LogP contribution is 2.45. The number of furan rings is 1. The van der Waals surface area contributed by atoms with E-state index in [-0.39, 0.29) is 16.3 Å². The van der Waals surface area contributed by atoms with E-state index in [1.807, 2.05) is 72.8 Å². The molecule has 0 bridgehead atoms. The second-order valence-corrected chi connectivity index (χ2v) is 11.6. The van der Waals surface area contributed by atoms with Gasteiger partial charge in [-0.15, -0.1) is 0 Å². The number of hydrogen-bond acceptors (Lipinski definition) is 1. The maximum absolute atomic E-state index is 9.44. The smallest absolute Gasteiger partial charge is 0.136 e. The van der Waals surface area contributed by atoms with E-state index in [0.29, 0.717) is 16.3 Å². The summed E-state index contributed by atoms with van der Waals surface area (Å²) in [4.78, 5) is 0. The summed E-state index contributed by atoms with van der Waals surface area (Å²) in [5.74, 6) is 0. The summed E-state index contributed by atoms with van der Waals surface area (Å²) in [5.41, 5.74) is 3.06. The first-order valence-corrected chi connectivity index (χ1v) is 15.3. The number of rotatable bonds is 3. The second kappa shape index (κ2) is 10.2. The molecule has 9 aromatic carbocycles. The number of fused-ring (bicyclic) bond motifs is 7. The van der Waals surface area contributed by atoms with Crippen molar-refractivity contribution in [3.8, 4) is 33.4 Å². The largest absolute Gasteiger partial charge is 0.456 e. The molecule has 0 aliphatic rings. The van der Waals surface area contributed by atoms with E-state index < -0.39 is 77.6 Å². The predicted molar refractivity (Wildman–Crippen MR) is 200 cm³/mol. The molecule has 10 aromatic rings. The molecule has 0 saturated carbocycles. The van der Waals surface area contributed by atoms with Crippen LogP contribution in [0.2, 0.25) is 0 Å². The van der Waals surface area contributed by atoms with Crippen LogP contribution in [0, 0.1) is 0 Å². The SMILES string of the molecule is [2H]c1c([2H])c(-c2c3ccccc3c(-c3ccc4oc5cc6ccccc6cc5c4c3)c3ccccc23)c([2H])c([2H])c1-c1c([2H])c([2H])c2c([2H])c([2H])c([2H])c([2H])c2c1[2H]. The maximum Gasteiger partial charge on any atom is 0.136 e. The quantitative estimate of drug-likeness (QED) is 0.182. The Balaban J connectivity index is 1.25. The molecule has 0 fully saturated rings. The molecule has 0 radical (unpaired) electrons. The third-order valence-corrected chi connectivity index (χ3v) is 8.93. The molecule has 0 amide bonds. The van der Waals surface area contributed by atoms with Gasteiger partial charge in [0.25, 0.3) is 0 Å². The van der Waals surface area contributed by atoms with Gasteiger partial charge in [0.1, 0.15) is 11.2 Å². The lowest BCUT2D eigenvalue weighted by Crippen LogP contribution is -1.91. The Hall–Kier alpha value is -6.18. The highest BCUT2D eigenvalue weighted by Gasteiger charge is 2.18. The van der Waals surface area contributed by atoms with Gasteiger partial charge in [0.15, 0.2) is 0 Å². The van der Waals surface area contributed by atoms with Crippen molar-refractivity contribution >= 4 is 65.0 Å². The molecular formula is C46H28O. The van der Waals surface area contributed by atoms with Crippen molar-refractivity contribution in [3.05, 3.63) is 170 Å². The Labute approximate surface area is 287 Å². The molecule has 218 valence electrons. The third-order valence-electron chi connectivity index (χ3n) is 8.93. The molecule has 10 rings (SSSR count). The molecular weight excluding hydrogens is 569 g/mol. The van der Waals surface area contributed by atoms with E-state index in [0.717, 1.165) is 54.6 Å². The molecule has 0 spiro atoms. The van der Waals surface area contributed by atoms with Gasteiger partial charge < -0.3 is 4.42 Å². The molecule has 0 N–H and O–H groups in total. The van der Waals surface area contributed by atoms with Crippen LogP contribution in [0.4, 0.5) is 0 Å². The summed E-state index contributed by atoms with van der Waals surface area (Å²) in [6.45, 7) is 0. The summed E-state index contributed by atoms with van der Waals surface area (Å²) in [5, 5.41) is 6.48. The Morgan fingerprint density at radius 2 is 0.915 bits per heavy atom. The lowest BCUT2D eigenvalue weighted by atomic mass is 9.85. The standard InChI is InChI=1S/C46H28O/c1-2-10-32-25-35(22-19-29(32)9-1)30-17-20-31(21-18-30)45-37-13-5-7-15-39(37)46(40-16-8-6-14-38(40)45)36-23-24-43-41(27-36)42-26-33-11-3-4-12-34(33)28-44(42)47-43/h1-28H/i1D,2D,9D,10D,17D,18D,19D,20D,21D,22D,25D. The van der Waals surface area contributed by atoms with Crippen LogP contribution < -0.4 is 0 Å². The lowest BCUT2D eigenvalue weighted by Gasteiger charge is -2.18. The molecule has 0 atom stereocenters. The Morgan fingerprint density at radius 1 is 0.362 bits per heavy atom. The zero-order valence-electron chi connectivity index (χ0n) is 35.7. The minimum absolute atomic E-state index is 0.0210. The monoisotopic (exact) mass is 607 g/mol. The molecule has 47 heavy (non-hydrogen) atoms. The molecule has 0 saturated heterocycles. The van der Waals surface area contributed by atoms with Gasteiger partial charge in [-0.2, -0.15) is 0 Å². The van der Waals surface area contributed by atoms with Gasteiger partial charge >= 0.3 is 0 Å². The summed E-state index contributed by atoms with van der Waals surface area (Å²) >= 11 is 0. The van der Waals surface area contributed by atoms with Gasteiger partial charge in [-0.1, -0.05) is 139 Å². The summed E-state index contributed by atoms with van der Waals surface area (Å²) in [6, 6.07) is 27.6. The number of benzene rings is 9. The van der Waals surface area contributed by atoms with Crippen LogP contribution in [-0.2, 0) is 0 Å². The predicted octanol–water partition coefficient (Wildman–Crippen LogP) is 13.2. The summed E-state index contributed by atoms with van der Waals surface area (Å²) in [7, 11) is 0. The highest BCUT2D eigenvalue weighted by molar-refractivity contribution is 6.22. The van der Waals surface area contributed by atoms with Gasteiger partial charge in [-0.3, -0.25) is 0 Å². The van der Waals surface area contributed by atoms with Crippen molar-refractivity contribution in [1.82, 2.24) is 0 Å². The van der Waals surface area contributed by atoms with Crippen molar-refractivity contribution in [2.45, 2.75) is 0 Å². The van der Waals surface area contributed by atoms with Crippen molar-refractivity contribution in [2.75, 3.05) is 0 Å². The average Bonchev–Trinajstić information content (AvgIpc) is 3.59. The Morgan fingerprint density at radius 3 is 1.62 bits per heavy atom. The van der Waals surface area contributed by atoms with E-state index in [2.05, 4.69) is 30.3 Å². The molecule has 1 heteroatoms. The van der Waals surface area contributed by atoms with Crippen molar-refractivity contribution in [2.24, 2.45) is 0 Å². The summed E-state index contributed by atoms with van der Waals surface area (Å²) in [6.07, 6.45) is 0. The Bertz CT molecular complexity index is 3390. The fourth-order valence-electron chi connectivity index (χ4n) is 6.80. The molecule has 1 nitrogen and oxygen atoms in total. The third kappa shape index (κ3) is 4.10. The van der Waals surface area contributed by atoms with E-state index in [1.165, 1.54) is 0 Å². The Kier molecular flexibility index (Phi) is 3.79. The van der Waals surface area contributed by atoms with Gasteiger partial charge in [-0.25, -0.2) is 0 Å². The first kappa shape index (κ1) is 17.5. The normalized spacial score (nSPS) is 15.1. The van der Waals surface area contributed by atoms with Crippen LogP contribution in [-0.4, -0.2) is 0 Å². The first-order chi connectivity index (χ1) is 27.9. The van der Waals surface area contributed by atoms with Crippen molar-refractivity contribution in [3.63, 3.8) is 0 Å². The van der Waals surface area contributed by atoms with Crippen LogP contribution >= 0.6 is 0 Å². The highest BCUT2D eigenvalue weighted by atomic mass is 16.3. The fourth-order valence-corrected chi connectivity index (χ4v) is 6.80. The molecule has 1 aromatic heterocycles. The van der Waals surface area contributed by atoms with Crippen LogP contribution in [0.3, 0.4) is 0 Å². The van der Waals surface area contributed by atoms with Gasteiger partial charge in [0, 0.05) is 10.8 Å². The van der Waals surface area contributed by atoms with Crippen LogP contribution in [0.5, 0.6) is 0 Å². The summed E-state index contributed by atoms with van der Waals surface area (Å²) < 4.78 is 104. The van der Waals surface area contributed by atoms with Gasteiger partial charge in [0.05, 0.1) is 15.1 Å². The van der Waals surface area contributed by atoms with E-state index in [1.54, 1.807) is 0 Å². The topological polar surface area (TPSA) is 13.1 Å². The lowest BCUT2D eigenvalue weighted by molar-refractivity contribution is 0.669. The second-order valence-electron chi connectivity index (χ2n) is 11.6. The maximum atomic E-state index is 9.44. The molecule has 0 aliphatic heterocycles. The minimum atomic E-state index is -0.633. The van der Waals surface area contributed by atoms with Crippen LogP contribution in [0.25, 0.3) is 98.4 Å². The molecule has 0 aliphatic carbocycles. The molecule has 0 unspecified atom stereocenters. The van der Waals surface area contributed by atoms with Crippen LogP contribution in [0.1, 0.15) is 15.1 Å². The van der Waals surface area contributed by atoms with Crippen molar-refractivity contribution < 1.29 is 19.5 Å². The zero-order valence-corrected chi connectivity index (χ0v) is 24.7. The zero-order chi connectivity index (χ0) is 40.5. The van der Waals surface area contributed by atoms with E-state index in [9.17, 15) is 5.48 Å². The van der Waals surface area contributed by atoms with Gasteiger partial charge in [0.2, 0.25) is 0 Å². The average molecular weight is 608 g/mol. The van der Waals surface area contributed by atoms with Gasteiger partial charge in [-0.05, 0) is 107 Å².